The second-order valence-electron chi connectivity index (χ2n) is 8.86. The minimum absolute atomic E-state index is 0.0765. The molecule has 0 aliphatic carbocycles. The fourth-order valence-electron chi connectivity index (χ4n) is 3.21. The zero-order valence-electron chi connectivity index (χ0n) is 18.9. The Balaban J connectivity index is 2.01. The first-order valence-electron chi connectivity index (χ1n) is 10.5. The Kier molecular flexibility index (Phi) is 8.71. The third-order valence-corrected chi connectivity index (χ3v) is 5.01. The quantitative estimate of drug-likeness (QED) is 0.389. The highest BCUT2D eigenvalue weighted by Gasteiger charge is 2.41. The third-order valence-electron chi connectivity index (χ3n) is 4.74. The summed E-state index contributed by atoms with van der Waals surface area (Å²) in [4.78, 5) is 38.0. The monoisotopic (exact) mass is 463 g/mol. The highest BCUT2D eigenvalue weighted by atomic mass is 35.5. The van der Waals surface area contributed by atoms with Crippen LogP contribution in [-0.2, 0) is 14.3 Å². The van der Waals surface area contributed by atoms with Gasteiger partial charge in [-0.25, -0.2) is 4.79 Å². The molecule has 2 rings (SSSR count). The average Bonchev–Trinajstić information content (AvgIpc) is 2.69. The van der Waals surface area contributed by atoms with E-state index in [1.807, 2.05) is 0 Å². The van der Waals surface area contributed by atoms with E-state index < -0.39 is 35.0 Å². The number of nitrogens with zero attached hydrogens (tertiary/aromatic N) is 1. The molecule has 0 aromatic heterocycles. The normalized spacial score (nSPS) is 18.4. The molecule has 1 N–H and O–H groups in total. The molecule has 1 aromatic rings. The van der Waals surface area contributed by atoms with Crippen molar-refractivity contribution in [2.75, 3.05) is 12.5 Å². The van der Waals surface area contributed by atoms with Crippen molar-refractivity contribution in [3.05, 3.63) is 29.8 Å². The van der Waals surface area contributed by atoms with E-state index in [9.17, 15) is 19.5 Å². The van der Waals surface area contributed by atoms with Gasteiger partial charge in [0, 0.05) is 12.3 Å². The van der Waals surface area contributed by atoms with Crippen molar-refractivity contribution < 1.29 is 29.0 Å². The van der Waals surface area contributed by atoms with Crippen molar-refractivity contribution in [2.45, 2.75) is 70.5 Å². The summed E-state index contributed by atoms with van der Waals surface area (Å²) >= 11 is 5.64. The van der Waals surface area contributed by atoms with E-state index in [1.54, 1.807) is 52.0 Å². The predicted octanol–water partition coefficient (Wildman–Crippen LogP) is 4.01. The van der Waals surface area contributed by atoms with Gasteiger partial charge < -0.3 is 14.6 Å². The Morgan fingerprint density at radius 2 is 1.88 bits per heavy atom. The zero-order chi connectivity index (χ0) is 23.9. The molecule has 1 saturated heterocycles. The first-order chi connectivity index (χ1) is 14.9. The van der Waals surface area contributed by atoms with Gasteiger partial charge in [-0.15, -0.1) is 11.6 Å². The fourth-order valence-corrected chi connectivity index (χ4v) is 3.34. The van der Waals surface area contributed by atoms with Gasteiger partial charge in [-0.2, -0.15) is 4.90 Å². The molecule has 1 aliphatic rings. The summed E-state index contributed by atoms with van der Waals surface area (Å²) in [5, 5.41) is 10.1. The average molecular weight is 464 g/mol. The van der Waals surface area contributed by atoms with E-state index in [-0.39, 0.29) is 13.0 Å². The molecular formula is C24H30ClNO6. The van der Waals surface area contributed by atoms with E-state index in [1.165, 1.54) is 0 Å². The predicted molar refractivity (Wildman–Crippen MR) is 120 cm³/mol. The molecule has 2 unspecified atom stereocenters. The van der Waals surface area contributed by atoms with Crippen LogP contribution in [0.1, 0.15) is 64.9 Å². The maximum atomic E-state index is 12.9. The second-order valence-corrected chi connectivity index (χ2v) is 9.24. The van der Waals surface area contributed by atoms with Gasteiger partial charge in [0.2, 0.25) is 11.8 Å². The van der Waals surface area contributed by atoms with Gasteiger partial charge in [0.25, 0.3) is 0 Å². The van der Waals surface area contributed by atoms with Crippen LogP contribution in [-0.4, -0.2) is 51.6 Å². The third kappa shape index (κ3) is 7.54. The molecule has 32 heavy (non-hydrogen) atoms. The molecule has 0 saturated carbocycles. The van der Waals surface area contributed by atoms with Crippen molar-refractivity contribution in [1.29, 1.82) is 0 Å². The maximum absolute atomic E-state index is 12.9. The molecule has 0 bridgehead atoms. The molecule has 0 radical (unpaired) electrons. The van der Waals surface area contributed by atoms with Crippen LogP contribution in [0, 0.1) is 11.8 Å². The van der Waals surface area contributed by atoms with Crippen molar-refractivity contribution in [1.82, 2.24) is 4.90 Å². The number of hydrogen-bond acceptors (Lipinski definition) is 6. The molecule has 174 valence electrons. The van der Waals surface area contributed by atoms with E-state index in [0.29, 0.717) is 41.4 Å². The van der Waals surface area contributed by atoms with E-state index in [4.69, 9.17) is 21.1 Å². The highest BCUT2D eigenvalue weighted by Crippen LogP contribution is 2.31. The number of aliphatic hydroxyl groups is 1. The van der Waals surface area contributed by atoms with Gasteiger partial charge in [0.1, 0.15) is 23.6 Å². The Hall–Kier alpha value is -2.56. The number of imide groups is 3. The molecule has 1 fully saturated rings. The van der Waals surface area contributed by atoms with E-state index in [2.05, 4.69) is 11.8 Å². The summed E-state index contributed by atoms with van der Waals surface area (Å²) < 4.78 is 10.8. The Morgan fingerprint density at radius 3 is 2.47 bits per heavy atom. The van der Waals surface area contributed by atoms with Crippen LogP contribution in [0.15, 0.2) is 24.3 Å². The Morgan fingerprint density at radius 1 is 1.22 bits per heavy atom. The van der Waals surface area contributed by atoms with E-state index >= 15 is 0 Å². The second kappa shape index (κ2) is 10.8. The number of rotatable bonds is 6. The fraction of sp³-hybridized carbons (Fsp3) is 0.542. The van der Waals surface area contributed by atoms with Crippen LogP contribution in [0.2, 0.25) is 0 Å². The molecule has 3 amide bonds. The van der Waals surface area contributed by atoms with Crippen molar-refractivity contribution in [3.8, 4) is 17.6 Å². The summed E-state index contributed by atoms with van der Waals surface area (Å²) in [7, 11) is 0. The lowest BCUT2D eigenvalue weighted by Gasteiger charge is -2.31. The molecule has 1 aromatic carbocycles. The number of hydrogen-bond donors (Lipinski definition) is 1. The van der Waals surface area contributed by atoms with Gasteiger partial charge in [0.05, 0.1) is 5.92 Å². The Labute approximate surface area is 194 Å². The van der Waals surface area contributed by atoms with Crippen LogP contribution in [0.5, 0.6) is 5.75 Å². The van der Waals surface area contributed by atoms with Crippen molar-refractivity contribution >= 4 is 29.5 Å². The van der Waals surface area contributed by atoms with Crippen LogP contribution in [0.4, 0.5) is 4.79 Å². The number of ether oxygens (including phenoxy) is 2. The van der Waals surface area contributed by atoms with E-state index in [0.717, 1.165) is 0 Å². The lowest BCUT2D eigenvalue weighted by atomic mass is 9.89. The number of alkyl halides is 1. The van der Waals surface area contributed by atoms with Crippen LogP contribution in [0.3, 0.4) is 0 Å². The summed E-state index contributed by atoms with van der Waals surface area (Å²) in [6.07, 6.45) is 0.601. The SMILES string of the molecule is CC(O)(C#CCOc1ccc(C2CCC(=O)N(C(=O)OC(C)(C)C)C2=O)cc1)CCCCl. The molecule has 2 atom stereocenters. The number of halogens is 1. The number of carbonyl (C=O) groups is 3. The minimum atomic E-state index is -1.11. The summed E-state index contributed by atoms with van der Waals surface area (Å²) in [5.74, 6) is 4.81. The number of benzene rings is 1. The summed E-state index contributed by atoms with van der Waals surface area (Å²) in [6, 6.07) is 6.85. The molecule has 1 aliphatic heterocycles. The van der Waals surface area contributed by atoms with Crippen LogP contribution < -0.4 is 4.74 Å². The number of likely N-dealkylation sites (tertiary alicyclic amines) is 1. The largest absolute Gasteiger partial charge is 0.481 e. The number of piperidine rings is 1. The van der Waals surface area contributed by atoms with Crippen LogP contribution >= 0.6 is 11.6 Å². The van der Waals surface area contributed by atoms with Crippen LogP contribution in [0.25, 0.3) is 0 Å². The van der Waals surface area contributed by atoms with Crippen molar-refractivity contribution in [2.24, 2.45) is 0 Å². The van der Waals surface area contributed by atoms with Crippen molar-refractivity contribution in [3.63, 3.8) is 0 Å². The first-order valence-corrected chi connectivity index (χ1v) is 11.1. The van der Waals surface area contributed by atoms with Gasteiger partial charge >= 0.3 is 6.09 Å². The lowest BCUT2D eigenvalue weighted by molar-refractivity contribution is -0.147. The topological polar surface area (TPSA) is 93.1 Å². The highest BCUT2D eigenvalue weighted by molar-refractivity contribution is 6.17. The Bertz CT molecular complexity index is 892. The first kappa shape index (κ1) is 25.7. The van der Waals surface area contributed by atoms with Gasteiger partial charge in [-0.05, 0) is 64.7 Å². The lowest BCUT2D eigenvalue weighted by Crippen LogP contribution is -2.49. The summed E-state index contributed by atoms with van der Waals surface area (Å²) in [6.45, 7) is 6.75. The molecule has 0 spiro atoms. The van der Waals surface area contributed by atoms with Gasteiger partial charge in [0.15, 0.2) is 0 Å². The molecular weight excluding hydrogens is 434 g/mol. The summed E-state index contributed by atoms with van der Waals surface area (Å²) in [5.41, 5.74) is -1.25. The zero-order valence-corrected chi connectivity index (χ0v) is 19.7. The van der Waals surface area contributed by atoms with Gasteiger partial charge in [-0.3, -0.25) is 9.59 Å². The number of amides is 3. The minimum Gasteiger partial charge on any atom is -0.481 e. The number of carbonyl (C=O) groups excluding carboxylic acids is 3. The van der Waals surface area contributed by atoms with Gasteiger partial charge in [-0.1, -0.05) is 24.0 Å². The maximum Gasteiger partial charge on any atom is 0.424 e. The molecule has 8 heteroatoms. The smallest absolute Gasteiger partial charge is 0.424 e. The standard InChI is InChI=1S/C24H30ClNO6/c1-23(2,3)32-22(29)26-20(27)12-11-19(21(26)28)17-7-9-18(10-8-17)31-16-6-14-24(4,30)13-5-15-25/h7-10,19,30H,5,11-13,15-16H2,1-4H3. The molecule has 1 heterocycles. The molecule has 7 nitrogen and oxygen atoms in total.